The fourth-order valence-corrected chi connectivity index (χ4v) is 6.84. The predicted octanol–water partition coefficient (Wildman–Crippen LogP) is 2.61. The lowest BCUT2D eigenvalue weighted by Gasteiger charge is -2.37. The molecule has 6 rings (SSSR count). The third-order valence-electron chi connectivity index (χ3n) is 9.57. The van der Waals surface area contributed by atoms with E-state index >= 15 is 0 Å². The lowest BCUT2D eigenvalue weighted by molar-refractivity contribution is -0.133. The van der Waals surface area contributed by atoms with Gasteiger partial charge in [-0.25, -0.2) is 15.0 Å². The van der Waals surface area contributed by atoms with Gasteiger partial charge in [0, 0.05) is 75.4 Å². The molecule has 2 amide bonds. The number of nitrogens with zero attached hydrogens (tertiary/aromatic N) is 7. The van der Waals surface area contributed by atoms with Crippen LogP contribution in [0.4, 0.5) is 17.2 Å². The number of aromatic nitrogens is 2. The van der Waals surface area contributed by atoms with E-state index < -0.39 is 5.41 Å². The Morgan fingerprint density at radius 1 is 1.02 bits per heavy atom. The van der Waals surface area contributed by atoms with Crippen molar-refractivity contribution in [3.05, 3.63) is 71.5 Å². The molecular formula is C36H45N11O3. The number of nitrogens with one attached hydrogen (secondary N) is 3. The van der Waals surface area contributed by atoms with Gasteiger partial charge < -0.3 is 25.6 Å². The van der Waals surface area contributed by atoms with Crippen LogP contribution in [0.25, 0.3) is 0 Å². The monoisotopic (exact) mass is 679 g/mol. The zero-order chi connectivity index (χ0) is 35.4. The van der Waals surface area contributed by atoms with Crippen LogP contribution in [-0.2, 0) is 9.59 Å². The number of nitrogen functional groups attached to an aromatic ring is 1. The van der Waals surface area contributed by atoms with Crippen LogP contribution >= 0.6 is 0 Å². The molecule has 3 aliphatic rings. The van der Waals surface area contributed by atoms with Gasteiger partial charge in [0.2, 0.25) is 17.7 Å². The molecule has 14 nitrogen and oxygen atoms in total. The molecule has 50 heavy (non-hydrogen) atoms. The first-order valence-corrected chi connectivity index (χ1v) is 17.0. The van der Waals surface area contributed by atoms with Crippen LogP contribution in [0.3, 0.4) is 0 Å². The molecule has 0 aliphatic carbocycles. The molecule has 0 bridgehead atoms. The molecule has 1 aromatic carbocycles. The topological polar surface area (TPSA) is 180 Å². The van der Waals surface area contributed by atoms with Crippen molar-refractivity contribution < 1.29 is 14.3 Å². The molecule has 1 spiro atoms. The number of hydrogen-bond acceptors (Lipinski definition) is 10. The number of nitrogens with two attached hydrogens (primary N) is 1. The van der Waals surface area contributed by atoms with E-state index in [1.165, 1.54) is 6.34 Å². The van der Waals surface area contributed by atoms with Crippen LogP contribution in [0, 0.1) is 16.2 Å². The number of piperazine rings is 1. The first kappa shape index (κ1) is 34.5. The van der Waals surface area contributed by atoms with Gasteiger partial charge in [0.25, 0.3) is 0 Å². The molecule has 3 aliphatic heterocycles. The van der Waals surface area contributed by atoms with Gasteiger partial charge in [0.05, 0.1) is 35.8 Å². The number of carbonyl (C=O) groups excluding carboxylic acids is 2. The van der Waals surface area contributed by atoms with Gasteiger partial charge in [-0.15, -0.1) is 0 Å². The first-order chi connectivity index (χ1) is 24.1. The number of rotatable bonds is 10. The molecular weight excluding hydrogens is 634 g/mol. The summed E-state index contributed by atoms with van der Waals surface area (Å²) in [6, 6.07) is 14.7. The summed E-state index contributed by atoms with van der Waals surface area (Å²) in [6.45, 7) is 8.55. The summed E-state index contributed by atoms with van der Waals surface area (Å²) in [6.07, 6.45) is 4.40. The molecule has 3 saturated heterocycles. The Hall–Kier alpha value is -5.37. The molecule has 2 aromatic heterocycles. The normalized spacial score (nSPS) is 19.6. The highest BCUT2D eigenvalue weighted by atomic mass is 16.5. The summed E-state index contributed by atoms with van der Waals surface area (Å²) in [5.74, 6) is 1.22. The van der Waals surface area contributed by atoms with Crippen LogP contribution in [-0.4, -0.2) is 115 Å². The number of hydrogen-bond donors (Lipinski definition) is 4. The molecule has 0 radical (unpaired) electrons. The standard InChI is InChI=1S/C36H45N11O3/c1-24(2)50-30-11-6-26(20-41-30)32(38)33-28(37)9-10-29(43-33)47-15-13-36(35(47)49)12-14-44(22-36)21-31(48)46-18-16-45(17-19-46)27-7-4-25(5-8-27)34(39)42-23-40-3/h4-11,20,23-24,38H,12-19,21-22,37H2,1-3H3,(H2,39,40,42)/t36-/m0/s1. The second-order valence-corrected chi connectivity index (χ2v) is 13.3. The maximum atomic E-state index is 13.9. The van der Waals surface area contributed by atoms with E-state index in [1.807, 2.05) is 43.0 Å². The maximum Gasteiger partial charge on any atom is 0.236 e. The van der Waals surface area contributed by atoms with E-state index in [0.29, 0.717) is 74.2 Å². The minimum atomic E-state index is -0.563. The summed E-state index contributed by atoms with van der Waals surface area (Å²) >= 11 is 0. The van der Waals surface area contributed by atoms with E-state index in [0.717, 1.165) is 24.3 Å². The molecule has 0 unspecified atom stereocenters. The van der Waals surface area contributed by atoms with Crippen molar-refractivity contribution in [2.75, 3.05) is 74.9 Å². The van der Waals surface area contributed by atoms with Gasteiger partial charge in [-0.3, -0.25) is 30.2 Å². The minimum absolute atomic E-state index is 0.00246. The fourth-order valence-electron chi connectivity index (χ4n) is 6.84. The third-order valence-corrected chi connectivity index (χ3v) is 9.57. The number of amidine groups is 1. The third kappa shape index (κ3) is 7.30. The number of pyridine rings is 2. The van der Waals surface area contributed by atoms with E-state index in [2.05, 4.69) is 30.1 Å². The van der Waals surface area contributed by atoms with E-state index in [9.17, 15) is 9.59 Å². The molecule has 262 valence electrons. The van der Waals surface area contributed by atoms with Gasteiger partial charge in [-0.2, -0.15) is 0 Å². The summed E-state index contributed by atoms with van der Waals surface area (Å²) in [5, 5.41) is 19.6. The summed E-state index contributed by atoms with van der Waals surface area (Å²) in [5.41, 5.74) is 8.79. The number of aliphatic imine (C=N–C) groups is 1. The zero-order valence-corrected chi connectivity index (χ0v) is 28.9. The Morgan fingerprint density at radius 2 is 1.74 bits per heavy atom. The van der Waals surface area contributed by atoms with Crippen molar-refractivity contribution in [2.45, 2.75) is 32.8 Å². The van der Waals surface area contributed by atoms with Gasteiger partial charge in [0.15, 0.2) is 5.84 Å². The number of benzene rings is 1. The van der Waals surface area contributed by atoms with Gasteiger partial charge in [-0.05, 0) is 75.7 Å². The largest absolute Gasteiger partial charge is 0.475 e. The molecule has 3 fully saturated rings. The Balaban J connectivity index is 1.02. The molecule has 3 aromatic rings. The van der Waals surface area contributed by atoms with Gasteiger partial charge >= 0.3 is 0 Å². The SMILES string of the molecule is CN/C=N\C(=N)c1ccc(N2CCN(C(=O)CN3CC[C@]4(CCN(c5ccc(N)c(C(=N)c6ccc(OC(C)C)nc6)n5)C4=O)C3)CC2)cc1. The van der Waals surface area contributed by atoms with Crippen LogP contribution < -0.4 is 25.6 Å². The van der Waals surface area contributed by atoms with Gasteiger partial charge in [-0.1, -0.05) is 0 Å². The highest BCUT2D eigenvalue weighted by Crippen LogP contribution is 2.42. The smallest absolute Gasteiger partial charge is 0.236 e. The van der Waals surface area contributed by atoms with Gasteiger partial charge in [0.1, 0.15) is 11.5 Å². The van der Waals surface area contributed by atoms with E-state index in [-0.39, 0.29) is 36.0 Å². The van der Waals surface area contributed by atoms with Crippen molar-refractivity contribution in [2.24, 2.45) is 10.4 Å². The number of likely N-dealkylation sites (tertiary alicyclic amines) is 1. The van der Waals surface area contributed by atoms with E-state index in [4.69, 9.17) is 21.3 Å². The Bertz CT molecular complexity index is 1770. The highest BCUT2D eigenvalue weighted by Gasteiger charge is 2.51. The zero-order valence-electron chi connectivity index (χ0n) is 28.9. The summed E-state index contributed by atoms with van der Waals surface area (Å²) in [4.78, 5) is 48.3. The number of anilines is 3. The molecule has 1 atom stereocenters. The summed E-state index contributed by atoms with van der Waals surface area (Å²) in [7, 11) is 1.74. The number of amides is 2. The predicted molar refractivity (Wildman–Crippen MR) is 195 cm³/mol. The second kappa shape index (κ2) is 14.6. The van der Waals surface area contributed by atoms with Crippen LogP contribution in [0.2, 0.25) is 0 Å². The van der Waals surface area contributed by atoms with Crippen LogP contribution in [0.5, 0.6) is 5.88 Å². The average Bonchev–Trinajstić information content (AvgIpc) is 3.68. The van der Waals surface area contributed by atoms with Crippen molar-refractivity contribution in [3.63, 3.8) is 0 Å². The number of ether oxygens (including phenoxy) is 1. The fraction of sp³-hybridized carbons (Fsp3) is 0.417. The van der Waals surface area contributed by atoms with Crippen LogP contribution in [0.15, 0.2) is 59.7 Å². The first-order valence-electron chi connectivity index (χ1n) is 17.0. The van der Waals surface area contributed by atoms with E-state index in [1.54, 1.807) is 42.4 Å². The van der Waals surface area contributed by atoms with Crippen molar-refractivity contribution >= 4 is 46.9 Å². The maximum absolute atomic E-state index is 13.9. The van der Waals surface area contributed by atoms with Crippen molar-refractivity contribution in [1.82, 2.24) is 25.1 Å². The molecule has 14 heteroatoms. The second-order valence-electron chi connectivity index (χ2n) is 13.3. The minimum Gasteiger partial charge on any atom is -0.475 e. The molecule has 0 saturated carbocycles. The van der Waals surface area contributed by atoms with Crippen molar-refractivity contribution in [1.29, 1.82) is 10.8 Å². The van der Waals surface area contributed by atoms with Crippen LogP contribution in [0.1, 0.15) is 43.5 Å². The lowest BCUT2D eigenvalue weighted by Crippen LogP contribution is -2.51. The number of carbonyl (C=O) groups is 2. The van der Waals surface area contributed by atoms with Crippen molar-refractivity contribution in [3.8, 4) is 5.88 Å². The Labute approximate surface area is 292 Å². The Morgan fingerprint density at radius 3 is 2.42 bits per heavy atom. The lowest BCUT2D eigenvalue weighted by atomic mass is 9.85. The summed E-state index contributed by atoms with van der Waals surface area (Å²) < 4.78 is 5.62. The Kier molecular flexibility index (Phi) is 10.1. The highest BCUT2D eigenvalue weighted by molar-refractivity contribution is 6.13. The molecule has 5 N–H and O–H groups in total. The molecule has 5 heterocycles. The quantitative estimate of drug-likeness (QED) is 0.185. The average molecular weight is 680 g/mol.